The summed E-state index contributed by atoms with van der Waals surface area (Å²) in [6.07, 6.45) is 2.04. The Labute approximate surface area is 175 Å². The van der Waals surface area contributed by atoms with Crippen LogP contribution in [0.1, 0.15) is 40.5 Å². The Morgan fingerprint density at radius 3 is 1.72 bits per heavy atom. The molecule has 2 aromatic carbocycles. The molecule has 0 amide bonds. The van der Waals surface area contributed by atoms with Crippen LogP contribution in [0.2, 0.25) is 0 Å². The lowest BCUT2D eigenvalue weighted by atomic mass is 9.71. The highest BCUT2D eigenvalue weighted by Crippen LogP contribution is 2.54. The Morgan fingerprint density at radius 2 is 1.28 bits per heavy atom. The molecule has 0 unspecified atom stereocenters. The standard InChI is InChI=1S/C23H35N4OP/c1-17(2)22-16-23(19(4)15-18(22)3)29(28,26-24-20-11-7-5-8-12-20)27-25-21-13-9-6-10-14-21/h5-14,17-19,22-25H,15-16H2,1-4H3,(H2,26,27,28)/t18-,19+,22+,23+/m0/s1. The van der Waals surface area contributed by atoms with Gasteiger partial charge in [0.2, 0.25) is 7.44 Å². The van der Waals surface area contributed by atoms with Gasteiger partial charge in [0.15, 0.2) is 0 Å². The third-order valence-corrected chi connectivity index (χ3v) is 8.79. The van der Waals surface area contributed by atoms with E-state index in [0.29, 0.717) is 23.7 Å². The van der Waals surface area contributed by atoms with E-state index in [4.69, 9.17) is 0 Å². The van der Waals surface area contributed by atoms with E-state index in [2.05, 4.69) is 48.9 Å². The third kappa shape index (κ3) is 5.63. The molecule has 0 saturated heterocycles. The van der Waals surface area contributed by atoms with Crippen molar-refractivity contribution in [3.63, 3.8) is 0 Å². The van der Waals surface area contributed by atoms with Crippen molar-refractivity contribution in [1.82, 2.24) is 10.4 Å². The van der Waals surface area contributed by atoms with E-state index in [1.165, 1.54) is 0 Å². The van der Waals surface area contributed by atoms with Crippen LogP contribution >= 0.6 is 7.44 Å². The Kier molecular flexibility index (Phi) is 7.39. The van der Waals surface area contributed by atoms with Gasteiger partial charge in [-0.2, -0.15) is 10.4 Å². The molecular weight excluding hydrogens is 379 g/mol. The van der Waals surface area contributed by atoms with Crippen molar-refractivity contribution in [3.8, 4) is 0 Å². The summed E-state index contributed by atoms with van der Waals surface area (Å²) in [7, 11) is -3.01. The highest BCUT2D eigenvalue weighted by atomic mass is 31.2. The molecule has 4 atom stereocenters. The first-order valence-electron chi connectivity index (χ1n) is 10.7. The second-order valence-corrected chi connectivity index (χ2v) is 11.2. The summed E-state index contributed by atoms with van der Waals surface area (Å²) < 4.78 is 14.3. The fourth-order valence-corrected chi connectivity index (χ4v) is 6.99. The van der Waals surface area contributed by atoms with Crippen molar-refractivity contribution in [3.05, 3.63) is 60.7 Å². The summed E-state index contributed by atoms with van der Waals surface area (Å²) in [4.78, 5) is 0. The van der Waals surface area contributed by atoms with Gasteiger partial charge in [0.25, 0.3) is 0 Å². The SMILES string of the molecule is CC(C)[C@H]1C[C@@H](P(=O)(NNc2ccccc2)NNc2ccccc2)[C@H](C)C[C@@H]1C. The van der Waals surface area contributed by atoms with E-state index in [-0.39, 0.29) is 5.66 Å². The summed E-state index contributed by atoms with van der Waals surface area (Å²) in [6, 6.07) is 19.6. The molecule has 6 heteroatoms. The van der Waals surface area contributed by atoms with Gasteiger partial charge in [0.05, 0.1) is 0 Å². The molecule has 1 aliphatic carbocycles. The number of hydrogen-bond acceptors (Lipinski definition) is 3. The van der Waals surface area contributed by atoms with E-state index < -0.39 is 7.44 Å². The lowest BCUT2D eigenvalue weighted by molar-refractivity contribution is 0.159. The number of rotatable bonds is 8. The molecule has 0 radical (unpaired) electrons. The highest BCUT2D eigenvalue weighted by Gasteiger charge is 2.44. The smallest absolute Gasteiger partial charge is 0.248 e. The van der Waals surface area contributed by atoms with Gasteiger partial charge in [-0.3, -0.25) is 4.57 Å². The molecule has 0 heterocycles. The molecule has 3 rings (SSSR count). The zero-order chi connectivity index (χ0) is 20.9. The molecule has 2 aromatic rings. The monoisotopic (exact) mass is 414 g/mol. The molecule has 158 valence electrons. The maximum absolute atomic E-state index is 14.3. The molecule has 0 aliphatic heterocycles. The van der Waals surface area contributed by atoms with Crippen molar-refractivity contribution >= 4 is 18.8 Å². The lowest BCUT2D eigenvalue weighted by Gasteiger charge is -2.43. The van der Waals surface area contributed by atoms with Gasteiger partial charge in [-0.1, -0.05) is 64.1 Å². The van der Waals surface area contributed by atoms with Crippen LogP contribution in [-0.4, -0.2) is 5.66 Å². The molecule has 1 fully saturated rings. The second kappa shape index (κ2) is 9.80. The maximum atomic E-state index is 14.3. The maximum Gasteiger partial charge on any atom is 0.248 e. The largest absolute Gasteiger partial charge is 0.315 e. The van der Waals surface area contributed by atoms with E-state index in [1.807, 2.05) is 60.7 Å². The van der Waals surface area contributed by atoms with Gasteiger partial charge >= 0.3 is 0 Å². The fraction of sp³-hybridized carbons (Fsp3) is 0.478. The minimum absolute atomic E-state index is 0.0403. The number of anilines is 2. The summed E-state index contributed by atoms with van der Waals surface area (Å²) in [5, 5.41) is 6.38. The summed E-state index contributed by atoms with van der Waals surface area (Å²) >= 11 is 0. The van der Waals surface area contributed by atoms with Crippen molar-refractivity contribution in [2.75, 3.05) is 10.9 Å². The van der Waals surface area contributed by atoms with E-state index in [9.17, 15) is 4.57 Å². The third-order valence-electron chi connectivity index (χ3n) is 6.25. The van der Waals surface area contributed by atoms with Gasteiger partial charge in [0, 0.05) is 17.0 Å². The minimum Gasteiger partial charge on any atom is -0.315 e. The van der Waals surface area contributed by atoms with Crippen LogP contribution < -0.4 is 21.2 Å². The normalized spacial score (nSPS) is 25.0. The van der Waals surface area contributed by atoms with Crippen LogP contribution in [0, 0.1) is 23.7 Å². The molecular formula is C23H35N4OP. The highest BCUT2D eigenvalue weighted by molar-refractivity contribution is 7.60. The van der Waals surface area contributed by atoms with Crippen molar-refractivity contribution in [1.29, 1.82) is 0 Å². The van der Waals surface area contributed by atoms with Crippen LogP contribution in [0.15, 0.2) is 60.7 Å². The average molecular weight is 415 g/mol. The Balaban J connectivity index is 1.81. The molecule has 29 heavy (non-hydrogen) atoms. The van der Waals surface area contributed by atoms with Crippen molar-refractivity contribution < 1.29 is 4.57 Å². The first-order valence-corrected chi connectivity index (χ1v) is 12.4. The predicted molar refractivity (Wildman–Crippen MR) is 124 cm³/mol. The van der Waals surface area contributed by atoms with Gasteiger partial charge in [0.1, 0.15) is 0 Å². The van der Waals surface area contributed by atoms with E-state index in [0.717, 1.165) is 24.2 Å². The second-order valence-electron chi connectivity index (χ2n) is 8.76. The number of nitrogens with one attached hydrogen (secondary N) is 4. The molecule has 4 N–H and O–H groups in total. The molecule has 0 spiro atoms. The zero-order valence-corrected chi connectivity index (χ0v) is 18.8. The first kappa shape index (κ1) is 21.9. The molecule has 0 bridgehead atoms. The van der Waals surface area contributed by atoms with Crippen molar-refractivity contribution in [2.24, 2.45) is 23.7 Å². The van der Waals surface area contributed by atoms with Crippen LogP contribution in [0.4, 0.5) is 11.4 Å². The molecule has 1 aliphatic rings. The van der Waals surface area contributed by atoms with Crippen molar-refractivity contribution in [2.45, 2.75) is 46.2 Å². The van der Waals surface area contributed by atoms with Gasteiger partial charge in [-0.15, -0.1) is 0 Å². The van der Waals surface area contributed by atoms with Gasteiger partial charge in [-0.05, 0) is 60.8 Å². The van der Waals surface area contributed by atoms with Gasteiger partial charge < -0.3 is 10.9 Å². The molecule has 1 saturated carbocycles. The quantitative estimate of drug-likeness (QED) is 0.310. The number of hydrazine groups is 2. The summed E-state index contributed by atoms with van der Waals surface area (Å²) in [5.74, 6) is 2.17. The fourth-order valence-electron chi connectivity index (χ4n) is 4.63. The average Bonchev–Trinajstić information content (AvgIpc) is 2.72. The van der Waals surface area contributed by atoms with Crippen LogP contribution in [-0.2, 0) is 4.57 Å². The van der Waals surface area contributed by atoms with Crippen LogP contribution in [0.25, 0.3) is 0 Å². The Bertz CT molecular complexity index is 752. The van der Waals surface area contributed by atoms with E-state index >= 15 is 0 Å². The van der Waals surface area contributed by atoms with E-state index in [1.54, 1.807) is 0 Å². The topological polar surface area (TPSA) is 65.2 Å². The summed E-state index contributed by atoms with van der Waals surface area (Å²) in [6.45, 7) is 9.14. The molecule has 5 nitrogen and oxygen atoms in total. The Morgan fingerprint density at radius 1 is 0.793 bits per heavy atom. The molecule has 0 aromatic heterocycles. The minimum atomic E-state index is -3.01. The zero-order valence-electron chi connectivity index (χ0n) is 17.9. The lowest BCUT2D eigenvalue weighted by Crippen LogP contribution is -2.43. The number of hydrogen-bond donors (Lipinski definition) is 4. The number of benzene rings is 2. The first-order chi connectivity index (χ1) is 13.9. The van der Waals surface area contributed by atoms with Crippen LogP contribution in [0.5, 0.6) is 0 Å². The Hall–Kier alpha value is -1.81. The predicted octanol–water partition coefficient (Wildman–Crippen LogP) is 6.12. The summed E-state index contributed by atoms with van der Waals surface area (Å²) in [5.41, 5.74) is 8.19. The number of para-hydroxylation sites is 2. The van der Waals surface area contributed by atoms with Gasteiger partial charge in [-0.25, -0.2) is 0 Å². The van der Waals surface area contributed by atoms with Crippen LogP contribution in [0.3, 0.4) is 0 Å².